The summed E-state index contributed by atoms with van der Waals surface area (Å²) in [5, 5.41) is 3.27. The fourth-order valence-corrected chi connectivity index (χ4v) is 6.24. The van der Waals surface area contributed by atoms with Gasteiger partial charge in [0.15, 0.2) is 0 Å². The molecule has 4 fully saturated rings. The van der Waals surface area contributed by atoms with Crippen LogP contribution in [-0.2, 0) is 14.4 Å². The maximum absolute atomic E-state index is 13.3. The van der Waals surface area contributed by atoms with Gasteiger partial charge in [0.1, 0.15) is 11.6 Å². The van der Waals surface area contributed by atoms with Crippen LogP contribution >= 0.6 is 11.8 Å². The van der Waals surface area contributed by atoms with Crippen LogP contribution in [0, 0.1) is 0 Å². The van der Waals surface area contributed by atoms with Gasteiger partial charge in [-0.25, -0.2) is 4.79 Å². The van der Waals surface area contributed by atoms with Gasteiger partial charge in [0.2, 0.25) is 11.8 Å². The Morgan fingerprint density at radius 2 is 2.08 bits per heavy atom. The topological polar surface area (TPSA) is 97.4 Å². The molecule has 140 valence electrons. The van der Waals surface area contributed by atoms with Crippen LogP contribution in [0.15, 0.2) is 0 Å². The lowest BCUT2D eigenvalue weighted by atomic mass is 9.93. The highest BCUT2D eigenvalue weighted by Gasteiger charge is 2.61. The van der Waals surface area contributed by atoms with Crippen molar-refractivity contribution >= 4 is 29.5 Å². The minimum atomic E-state index is -0.725. The number of hydrogen-bond donors (Lipinski definition) is 2. The molecule has 0 radical (unpaired) electrons. The Morgan fingerprint density at radius 3 is 2.76 bits per heavy atom. The smallest absolute Gasteiger partial charge is 0.331 e. The summed E-state index contributed by atoms with van der Waals surface area (Å²) in [6, 6.07) is -0.561. The molecular weight excluding hydrogens is 364 g/mol. The van der Waals surface area contributed by atoms with E-state index in [1.165, 1.54) is 0 Å². The van der Waals surface area contributed by atoms with E-state index < -0.39 is 11.6 Å². The van der Waals surface area contributed by atoms with Gasteiger partial charge in [-0.2, -0.15) is 0 Å². The van der Waals surface area contributed by atoms with Gasteiger partial charge in [0.05, 0.1) is 11.4 Å². The molecule has 4 atom stereocenters. The molecule has 4 N–H and O–H groups in total. The first kappa shape index (κ1) is 18.9. The average Bonchev–Trinajstić information content (AvgIpc) is 3.28. The van der Waals surface area contributed by atoms with E-state index in [1.807, 2.05) is 4.90 Å². The number of rotatable bonds is 2. The molecule has 0 aromatic carbocycles. The van der Waals surface area contributed by atoms with Crippen molar-refractivity contribution in [2.24, 2.45) is 0 Å². The maximum atomic E-state index is 13.3. The van der Waals surface area contributed by atoms with E-state index in [1.54, 1.807) is 16.7 Å². The highest BCUT2D eigenvalue weighted by Crippen LogP contribution is 2.48. The van der Waals surface area contributed by atoms with Gasteiger partial charge in [-0.3, -0.25) is 15.3 Å². The number of likely N-dealkylation sites (tertiary alicyclic amines) is 1. The summed E-state index contributed by atoms with van der Waals surface area (Å²) >= 11 is 1.74. The van der Waals surface area contributed by atoms with Crippen molar-refractivity contribution in [3.63, 3.8) is 0 Å². The number of nitrogens with one attached hydrogen (secondary N) is 1. The minimum Gasteiger partial charge on any atom is -1.00 e. The summed E-state index contributed by atoms with van der Waals surface area (Å²) in [4.78, 5) is 41.8. The largest absolute Gasteiger partial charge is 1.00 e. The van der Waals surface area contributed by atoms with Crippen LogP contribution in [-0.4, -0.2) is 69.4 Å². The Hall–Kier alpha value is -0.830. The third-order valence-electron chi connectivity index (χ3n) is 5.98. The van der Waals surface area contributed by atoms with Crippen molar-refractivity contribution in [2.45, 2.75) is 61.5 Å². The number of hydrogen-bond acceptors (Lipinski definition) is 5. The number of thioether (sulfide) groups is 1. The van der Waals surface area contributed by atoms with Gasteiger partial charge in [-0.05, 0) is 44.4 Å². The molecule has 4 aliphatic heterocycles. The van der Waals surface area contributed by atoms with Crippen molar-refractivity contribution in [2.75, 3.05) is 18.8 Å². The summed E-state index contributed by atoms with van der Waals surface area (Å²) in [5.41, 5.74) is 2.83. The molecule has 4 aliphatic rings. The monoisotopic (exact) mass is 388 g/mol. The first-order valence-corrected chi connectivity index (χ1v) is 9.94. The number of carbonyl (C=O) groups is 3. The molecule has 0 saturated carbocycles. The summed E-state index contributed by atoms with van der Waals surface area (Å²) in [5.74, 6) is 0.736. The lowest BCUT2D eigenvalue weighted by Crippen LogP contribution is -3.00. The molecule has 0 bridgehead atoms. The molecule has 0 aliphatic carbocycles. The van der Waals surface area contributed by atoms with Crippen LogP contribution < -0.4 is 23.5 Å². The Labute approximate surface area is 157 Å². The molecule has 3 amide bonds. The highest BCUT2D eigenvalue weighted by molar-refractivity contribution is 7.99. The average molecular weight is 389 g/mol. The number of fused-ring (bicyclic) bond motifs is 1. The number of nitrogens with zero attached hydrogens (tertiary/aromatic N) is 2. The van der Waals surface area contributed by atoms with Crippen molar-refractivity contribution in [1.82, 2.24) is 15.1 Å². The molecule has 4 heterocycles. The molecule has 4 rings (SSSR count). The zero-order chi connectivity index (χ0) is 16.9. The van der Waals surface area contributed by atoms with E-state index in [0.29, 0.717) is 19.4 Å². The van der Waals surface area contributed by atoms with Gasteiger partial charge in [0.25, 0.3) is 0 Å². The van der Waals surface area contributed by atoms with Crippen molar-refractivity contribution in [3.05, 3.63) is 0 Å². The van der Waals surface area contributed by atoms with E-state index >= 15 is 0 Å². The first-order valence-electron chi connectivity index (χ1n) is 8.90. The summed E-state index contributed by atoms with van der Waals surface area (Å²) in [6.07, 6.45) is 4.76. The van der Waals surface area contributed by atoms with Crippen LogP contribution in [0.3, 0.4) is 0 Å². The Kier molecular flexibility index (Phi) is 5.35. The van der Waals surface area contributed by atoms with E-state index in [2.05, 4.69) is 11.1 Å². The van der Waals surface area contributed by atoms with E-state index in [-0.39, 0.29) is 41.5 Å². The van der Waals surface area contributed by atoms with E-state index in [0.717, 1.165) is 38.0 Å². The van der Waals surface area contributed by atoms with Gasteiger partial charge < -0.3 is 27.5 Å². The number of quaternary nitrogens is 1. The standard InChI is InChI=1S/C16H24N4O3S.ClH/c17-13(21)11-4-8-24-12-9-16(15(23)20(11)12)5-2-7-19(16)14(22)10-3-1-6-18-10;/h10-12,18H,1-9H2,(H2,17,21);1H/t10-,11+,12+,16+;/m0./s1. The molecule has 4 saturated heterocycles. The van der Waals surface area contributed by atoms with Crippen LogP contribution in [0.1, 0.15) is 38.5 Å². The second kappa shape index (κ2) is 7.06. The van der Waals surface area contributed by atoms with Gasteiger partial charge >= 0.3 is 5.91 Å². The SMILES string of the molecule is [Cl-].[NH3+]C(=O)[C@H]1CCS[C@@H]2C[C@]3(CCCN3C(=O)[C@@H]3CCCN3)C(=O)N12. The molecule has 7 nitrogen and oxygen atoms in total. The zero-order valence-electron chi connectivity index (χ0n) is 14.2. The van der Waals surface area contributed by atoms with Crippen molar-refractivity contribution in [1.29, 1.82) is 0 Å². The molecule has 0 unspecified atom stereocenters. The minimum absolute atomic E-state index is 0. The van der Waals surface area contributed by atoms with Crippen LogP contribution in [0.4, 0.5) is 0 Å². The first-order chi connectivity index (χ1) is 11.5. The predicted octanol–water partition coefficient (Wildman–Crippen LogP) is -4.06. The lowest BCUT2D eigenvalue weighted by molar-refractivity contribution is -0.311. The van der Waals surface area contributed by atoms with Crippen LogP contribution in [0.2, 0.25) is 0 Å². The van der Waals surface area contributed by atoms with Gasteiger partial charge in [-0.15, -0.1) is 11.8 Å². The quantitative estimate of drug-likeness (QED) is 0.501. The van der Waals surface area contributed by atoms with E-state index in [4.69, 9.17) is 0 Å². The second-order valence-electron chi connectivity index (χ2n) is 7.29. The fraction of sp³-hybridized carbons (Fsp3) is 0.812. The van der Waals surface area contributed by atoms with Crippen LogP contribution in [0.5, 0.6) is 0 Å². The van der Waals surface area contributed by atoms with Gasteiger partial charge in [0, 0.05) is 13.0 Å². The molecule has 9 heteroatoms. The van der Waals surface area contributed by atoms with E-state index in [9.17, 15) is 14.4 Å². The molecule has 25 heavy (non-hydrogen) atoms. The predicted molar refractivity (Wildman–Crippen MR) is 88.7 cm³/mol. The van der Waals surface area contributed by atoms with Gasteiger partial charge in [-0.1, -0.05) is 0 Å². The third-order valence-corrected chi connectivity index (χ3v) is 7.23. The second-order valence-corrected chi connectivity index (χ2v) is 8.57. The number of carbonyl (C=O) groups excluding carboxylic acids is 3. The van der Waals surface area contributed by atoms with Crippen molar-refractivity contribution < 1.29 is 32.5 Å². The summed E-state index contributed by atoms with van der Waals surface area (Å²) in [6.45, 7) is 1.52. The maximum Gasteiger partial charge on any atom is 0.331 e. The Bertz CT molecular complexity index is 586. The lowest BCUT2D eigenvalue weighted by Gasteiger charge is -2.36. The Balaban J connectivity index is 0.00000182. The van der Waals surface area contributed by atoms with Crippen LogP contribution in [0.25, 0.3) is 0 Å². The normalized spacial score (nSPS) is 37.3. The molecule has 0 aromatic heterocycles. The fourth-order valence-electron chi connectivity index (χ4n) is 4.82. The highest BCUT2D eigenvalue weighted by atomic mass is 35.5. The van der Waals surface area contributed by atoms with Crippen molar-refractivity contribution in [3.8, 4) is 0 Å². The molecule has 1 spiro atoms. The number of amides is 3. The third kappa shape index (κ3) is 2.87. The molecule has 0 aromatic rings. The molecular formula is C16H25ClN4O3S. The summed E-state index contributed by atoms with van der Waals surface area (Å²) < 4.78 is 0. The number of halogens is 1. The summed E-state index contributed by atoms with van der Waals surface area (Å²) in [7, 11) is 0. The zero-order valence-corrected chi connectivity index (χ0v) is 15.8. The Morgan fingerprint density at radius 1 is 1.28 bits per heavy atom.